The first-order valence-electron chi connectivity index (χ1n) is 5.94. The lowest BCUT2D eigenvalue weighted by Crippen LogP contribution is -2.05. The molecule has 1 atom stereocenters. The molecule has 0 aliphatic carbocycles. The van der Waals surface area contributed by atoms with E-state index in [-0.39, 0.29) is 6.10 Å². The van der Waals surface area contributed by atoms with Crippen molar-refractivity contribution < 1.29 is 4.74 Å². The predicted molar refractivity (Wildman–Crippen MR) is 77.1 cm³/mol. The summed E-state index contributed by atoms with van der Waals surface area (Å²) in [6.45, 7) is 1.97. The number of nitrogens with zero attached hydrogens (tertiary/aromatic N) is 2. The molecule has 0 bridgehead atoms. The molecule has 0 unspecified atom stereocenters. The van der Waals surface area contributed by atoms with Gasteiger partial charge in [0, 0.05) is 10.7 Å². The summed E-state index contributed by atoms with van der Waals surface area (Å²) in [6, 6.07) is 9.68. The average molecular weight is 318 g/mol. The highest BCUT2D eigenvalue weighted by Crippen LogP contribution is 2.30. The molecule has 3 rings (SSSR count). The van der Waals surface area contributed by atoms with Crippen molar-refractivity contribution in [1.82, 2.24) is 15.0 Å². The monoisotopic (exact) mass is 317 g/mol. The van der Waals surface area contributed by atoms with Crippen LogP contribution in [0.1, 0.15) is 18.7 Å². The van der Waals surface area contributed by atoms with Gasteiger partial charge in [-0.3, -0.25) is 4.98 Å². The van der Waals surface area contributed by atoms with E-state index in [1.165, 1.54) is 0 Å². The minimum atomic E-state index is -0.129. The number of halogens is 1. The molecule has 0 saturated heterocycles. The molecule has 1 aromatic carbocycles. The number of ether oxygens (including phenoxy) is 1. The lowest BCUT2D eigenvalue weighted by molar-refractivity contribution is 0.224. The van der Waals surface area contributed by atoms with Gasteiger partial charge >= 0.3 is 0 Å². The van der Waals surface area contributed by atoms with Crippen LogP contribution in [0.25, 0.3) is 11.0 Å². The van der Waals surface area contributed by atoms with E-state index in [1.54, 1.807) is 12.5 Å². The standard InChI is InChI=1S/C14H12BrN3O/c1-9(11-4-2-3-5-16-11)19-13-7-10(15)6-12-14(13)18-8-17-12/h2-9H,1H3,(H,17,18)/t9-/m1/s1. The Morgan fingerprint density at radius 2 is 2.16 bits per heavy atom. The minimum Gasteiger partial charge on any atom is -0.482 e. The second-order valence-corrected chi connectivity index (χ2v) is 5.13. The molecule has 0 amide bonds. The highest BCUT2D eigenvalue weighted by atomic mass is 79.9. The van der Waals surface area contributed by atoms with Gasteiger partial charge in [-0.25, -0.2) is 4.98 Å². The maximum absolute atomic E-state index is 5.98. The molecule has 4 nitrogen and oxygen atoms in total. The molecule has 0 spiro atoms. The van der Waals surface area contributed by atoms with Gasteiger partial charge in [-0.05, 0) is 31.2 Å². The van der Waals surface area contributed by atoms with E-state index < -0.39 is 0 Å². The summed E-state index contributed by atoms with van der Waals surface area (Å²) in [4.78, 5) is 11.7. The van der Waals surface area contributed by atoms with Crippen LogP contribution in [0.15, 0.2) is 47.3 Å². The van der Waals surface area contributed by atoms with Gasteiger partial charge in [0.2, 0.25) is 0 Å². The Kier molecular flexibility index (Phi) is 3.21. The van der Waals surface area contributed by atoms with E-state index in [9.17, 15) is 0 Å². The number of benzene rings is 1. The van der Waals surface area contributed by atoms with E-state index in [0.717, 1.165) is 26.9 Å². The zero-order chi connectivity index (χ0) is 13.2. The molecule has 0 fully saturated rings. The first-order chi connectivity index (χ1) is 9.24. The third-order valence-corrected chi connectivity index (χ3v) is 3.32. The van der Waals surface area contributed by atoms with Gasteiger partial charge in [0.05, 0.1) is 17.5 Å². The number of rotatable bonds is 3. The third-order valence-electron chi connectivity index (χ3n) is 2.86. The zero-order valence-electron chi connectivity index (χ0n) is 10.3. The number of aromatic amines is 1. The van der Waals surface area contributed by atoms with Gasteiger partial charge in [-0.2, -0.15) is 0 Å². The average Bonchev–Trinajstić information content (AvgIpc) is 2.88. The van der Waals surface area contributed by atoms with Crippen LogP contribution in [0.2, 0.25) is 0 Å². The zero-order valence-corrected chi connectivity index (χ0v) is 11.9. The van der Waals surface area contributed by atoms with Gasteiger partial charge < -0.3 is 9.72 Å². The molecule has 0 aliphatic heterocycles. The molecule has 3 aromatic rings. The summed E-state index contributed by atoms with van der Waals surface area (Å²) < 4.78 is 6.93. The second kappa shape index (κ2) is 5.01. The van der Waals surface area contributed by atoms with E-state index >= 15 is 0 Å². The molecule has 1 N–H and O–H groups in total. The molecular weight excluding hydrogens is 306 g/mol. The summed E-state index contributed by atoms with van der Waals surface area (Å²) >= 11 is 3.47. The molecule has 19 heavy (non-hydrogen) atoms. The van der Waals surface area contributed by atoms with Crippen molar-refractivity contribution in [2.75, 3.05) is 0 Å². The van der Waals surface area contributed by atoms with Crippen molar-refractivity contribution in [3.63, 3.8) is 0 Å². The maximum Gasteiger partial charge on any atom is 0.149 e. The number of aromatic nitrogens is 3. The lowest BCUT2D eigenvalue weighted by atomic mass is 10.2. The summed E-state index contributed by atoms with van der Waals surface area (Å²) in [7, 11) is 0. The van der Waals surface area contributed by atoms with Crippen LogP contribution < -0.4 is 4.74 Å². The van der Waals surface area contributed by atoms with Crippen molar-refractivity contribution in [1.29, 1.82) is 0 Å². The molecule has 96 valence electrons. The summed E-state index contributed by atoms with van der Waals surface area (Å²) in [5.74, 6) is 0.740. The van der Waals surface area contributed by atoms with Crippen molar-refractivity contribution >= 4 is 27.0 Å². The van der Waals surface area contributed by atoms with Crippen LogP contribution in [0.3, 0.4) is 0 Å². The van der Waals surface area contributed by atoms with Crippen LogP contribution in [0.5, 0.6) is 5.75 Å². The van der Waals surface area contributed by atoms with Crippen LogP contribution in [0.4, 0.5) is 0 Å². The number of nitrogens with one attached hydrogen (secondary N) is 1. The first kappa shape index (κ1) is 12.2. The highest BCUT2D eigenvalue weighted by Gasteiger charge is 2.12. The Labute approximate surface area is 119 Å². The number of pyridine rings is 1. The minimum absolute atomic E-state index is 0.129. The van der Waals surface area contributed by atoms with Crippen LogP contribution in [-0.4, -0.2) is 15.0 Å². The Hall–Kier alpha value is -1.88. The molecule has 2 heterocycles. The maximum atomic E-state index is 5.98. The van der Waals surface area contributed by atoms with E-state index in [4.69, 9.17) is 4.74 Å². The lowest BCUT2D eigenvalue weighted by Gasteiger charge is -2.14. The van der Waals surface area contributed by atoms with Gasteiger partial charge in [0.15, 0.2) is 0 Å². The highest BCUT2D eigenvalue weighted by molar-refractivity contribution is 9.10. The Balaban J connectivity index is 1.95. The van der Waals surface area contributed by atoms with Gasteiger partial charge in [0.25, 0.3) is 0 Å². The van der Waals surface area contributed by atoms with Crippen molar-refractivity contribution in [2.24, 2.45) is 0 Å². The summed E-state index contributed by atoms with van der Waals surface area (Å²) in [6.07, 6.45) is 3.30. The first-order valence-corrected chi connectivity index (χ1v) is 6.73. The Morgan fingerprint density at radius 1 is 1.26 bits per heavy atom. The second-order valence-electron chi connectivity index (χ2n) is 4.22. The molecule has 5 heteroatoms. The van der Waals surface area contributed by atoms with Crippen molar-refractivity contribution in [3.05, 3.63) is 53.0 Å². The normalized spacial score (nSPS) is 12.5. The van der Waals surface area contributed by atoms with E-state index in [1.807, 2.05) is 37.3 Å². The van der Waals surface area contributed by atoms with Gasteiger partial charge in [0.1, 0.15) is 17.4 Å². The van der Waals surface area contributed by atoms with Crippen molar-refractivity contribution in [2.45, 2.75) is 13.0 Å². The van der Waals surface area contributed by atoms with Crippen LogP contribution in [-0.2, 0) is 0 Å². The van der Waals surface area contributed by atoms with Gasteiger partial charge in [-0.1, -0.05) is 22.0 Å². The summed E-state index contributed by atoms with van der Waals surface area (Å²) in [5, 5.41) is 0. The Bertz CT molecular complexity index is 696. The molecule has 2 aromatic heterocycles. The predicted octanol–water partition coefficient (Wildman–Crippen LogP) is 3.86. The third kappa shape index (κ3) is 2.46. The van der Waals surface area contributed by atoms with E-state index in [0.29, 0.717) is 0 Å². The molecule has 0 aliphatic rings. The quantitative estimate of drug-likeness (QED) is 0.798. The molecular formula is C14H12BrN3O. The van der Waals surface area contributed by atoms with Crippen molar-refractivity contribution in [3.8, 4) is 5.75 Å². The van der Waals surface area contributed by atoms with E-state index in [2.05, 4.69) is 30.9 Å². The SMILES string of the molecule is C[C@@H](Oc1cc(Br)cc2[nH]cnc12)c1ccccn1. The fourth-order valence-corrected chi connectivity index (χ4v) is 2.38. The van der Waals surface area contributed by atoms with Gasteiger partial charge in [-0.15, -0.1) is 0 Å². The number of hydrogen-bond acceptors (Lipinski definition) is 3. The number of imidazole rings is 1. The molecule has 0 radical (unpaired) electrons. The number of H-pyrrole nitrogens is 1. The molecule has 0 saturated carbocycles. The van der Waals surface area contributed by atoms with Crippen LogP contribution >= 0.6 is 15.9 Å². The topological polar surface area (TPSA) is 50.8 Å². The number of fused-ring (bicyclic) bond motifs is 1. The Morgan fingerprint density at radius 3 is 2.95 bits per heavy atom. The van der Waals surface area contributed by atoms with Crippen LogP contribution in [0, 0.1) is 0 Å². The smallest absolute Gasteiger partial charge is 0.149 e. The fraction of sp³-hybridized carbons (Fsp3) is 0.143. The summed E-state index contributed by atoms with van der Waals surface area (Å²) in [5.41, 5.74) is 2.66. The number of hydrogen-bond donors (Lipinski definition) is 1. The fourth-order valence-electron chi connectivity index (χ4n) is 1.94. The largest absolute Gasteiger partial charge is 0.482 e.